The summed E-state index contributed by atoms with van der Waals surface area (Å²) < 4.78 is 1.04. The van der Waals surface area contributed by atoms with Gasteiger partial charge in [0, 0.05) is 42.3 Å². The van der Waals surface area contributed by atoms with Crippen molar-refractivity contribution in [2.24, 2.45) is 0 Å². The van der Waals surface area contributed by atoms with Gasteiger partial charge in [0.2, 0.25) is 0 Å². The van der Waals surface area contributed by atoms with Crippen molar-refractivity contribution in [3.8, 4) is 0 Å². The fraction of sp³-hybridized carbons (Fsp3) is 0.364. The molecule has 2 aliphatic heterocycles. The summed E-state index contributed by atoms with van der Waals surface area (Å²) in [5.74, 6) is 0. The van der Waals surface area contributed by atoms with Crippen LogP contribution in [0.4, 0.5) is 5.69 Å². The average molecular weight is 399 g/mol. The topological polar surface area (TPSA) is 3.24 Å². The average Bonchev–Trinajstić information content (AvgIpc) is 2.86. The van der Waals surface area contributed by atoms with Crippen molar-refractivity contribution in [3.63, 3.8) is 0 Å². The summed E-state index contributed by atoms with van der Waals surface area (Å²) in [7, 11) is 2.25. The van der Waals surface area contributed by atoms with Crippen LogP contribution >= 0.6 is 0 Å². The number of hydrogen-bond acceptors (Lipinski definition) is 1. The Morgan fingerprint density at radius 3 is 2.48 bits per heavy atom. The van der Waals surface area contributed by atoms with Gasteiger partial charge in [-0.2, -0.15) is 0 Å². The molecular formula is C22H27BrN2. The number of likely N-dealkylation sites (N-methyl/N-ethyl adjacent to an activating group) is 1. The highest BCUT2D eigenvalue weighted by Gasteiger charge is 2.46. The molecule has 0 amide bonds. The first kappa shape index (κ1) is 18.4. The molecule has 1 atom stereocenters. The Hall–Kier alpha value is -1.42. The van der Waals surface area contributed by atoms with E-state index in [1.54, 1.807) is 11.3 Å². The van der Waals surface area contributed by atoms with E-state index in [1.165, 1.54) is 42.7 Å². The third-order valence-corrected chi connectivity index (χ3v) is 5.61. The van der Waals surface area contributed by atoms with E-state index in [4.69, 9.17) is 0 Å². The predicted octanol–water partition coefficient (Wildman–Crippen LogP) is 1.67. The Balaban J connectivity index is 0.00000182. The number of quaternary nitrogens is 1. The number of hydrogen-bond donors (Lipinski definition) is 0. The highest BCUT2D eigenvalue weighted by Crippen LogP contribution is 2.49. The summed E-state index contributed by atoms with van der Waals surface area (Å²) in [4.78, 5) is 2.46. The van der Waals surface area contributed by atoms with Crippen molar-refractivity contribution in [2.45, 2.75) is 26.3 Å². The molecule has 0 saturated carbocycles. The summed E-state index contributed by atoms with van der Waals surface area (Å²) >= 11 is 0. The van der Waals surface area contributed by atoms with Crippen molar-refractivity contribution in [1.29, 1.82) is 0 Å². The molecular weight excluding hydrogens is 372 g/mol. The molecule has 0 bridgehead atoms. The van der Waals surface area contributed by atoms with Crippen LogP contribution < -0.4 is 21.5 Å². The molecule has 4 rings (SSSR count). The highest BCUT2D eigenvalue weighted by atomic mass is 79.9. The number of fused-ring (bicyclic) bond motifs is 2. The molecule has 25 heavy (non-hydrogen) atoms. The van der Waals surface area contributed by atoms with Crippen LogP contribution in [0.3, 0.4) is 0 Å². The lowest BCUT2D eigenvalue weighted by molar-refractivity contribution is -0.00000492. The third-order valence-electron chi connectivity index (χ3n) is 5.61. The Bertz CT molecular complexity index is 769. The Kier molecular flexibility index (Phi) is 5.47. The first-order valence-corrected chi connectivity index (χ1v) is 9.17. The van der Waals surface area contributed by atoms with Gasteiger partial charge in [-0.05, 0) is 19.5 Å². The zero-order chi connectivity index (χ0) is 16.6. The summed E-state index contributed by atoms with van der Waals surface area (Å²) in [6.07, 6.45) is 2.39. The number of rotatable bonds is 4. The van der Waals surface area contributed by atoms with Crippen LogP contribution in [0.2, 0.25) is 0 Å². The molecule has 0 aliphatic carbocycles. The quantitative estimate of drug-likeness (QED) is 0.708. The zero-order valence-electron chi connectivity index (χ0n) is 15.2. The van der Waals surface area contributed by atoms with Crippen LogP contribution in [0.5, 0.6) is 0 Å². The van der Waals surface area contributed by atoms with Gasteiger partial charge in [0.15, 0.2) is 0 Å². The van der Waals surface area contributed by atoms with Crippen LogP contribution in [-0.2, 0) is 6.54 Å². The summed E-state index contributed by atoms with van der Waals surface area (Å²) in [6, 6.07) is 20.1. The van der Waals surface area contributed by atoms with Gasteiger partial charge >= 0.3 is 0 Å². The second-order valence-electron chi connectivity index (χ2n) is 7.27. The SMILES string of the molecule is CCC[N+]1(Cc2ccccc2)C2=C(CN(C)CC2)c2ccccc21.[Br-]. The lowest BCUT2D eigenvalue weighted by Gasteiger charge is -2.38. The van der Waals surface area contributed by atoms with E-state index in [9.17, 15) is 0 Å². The van der Waals surface area contributed by atoms with Gasteiger partial charge in [0.25, 0.3) is 0 Å². The van der Waals surface area contributed by atoms with Crippen LogP contribution in [0, 0.1) is 0 Å². The minimum Gasteiger partial charge on any atom is -1.00 e. The molecule has 2 heterocycles. The van der Waals surface area contributed by atoms with Gasteiger partial charge in [0.05, 0.1) is 6.54 Å². The van der Waals surface area contributed by atoms with Gasteiger partial charge in [-0.1, -0.05) is 49.4 Å². The number of benzene rings is 2. The molecule has 0 fully saturated rings. The fourth-order valence-corrected chi connectivity index (χ4v) is 4.64. The Labute approximate surface area is 162 Å². The first-order valence-electron chi connectivity index (χ1n) is 9.17. The van der Waals surface area contributed by atoms with E-state index in [0.717, 1.165) is 17.6 Å². The van der Waals surface area contributed by atoms with Crippen molar-refractivity contribution in [3.05, 3.63) is 71.4 Å². The molecule has 0 radical (unpaired) electrons. The molecule has 2 aromatic carbocycles. The Morgan fingerprint density at radius 1 is 1.00 bits per heavy atom. The summed E-state index contributed by atoms with van der Waals surface area (Å²) in [5, 5.41) is 0. The van der Waals surface area contributed by atoms with Crippen LogP contribution in [0.25, 0.3) is 5.57 Å². The standard InChI is InChI=1S/C22H27N2.BrH/c1-3-15-24(17-18-9-5-4-6-10-18)21-12-8-7-11-19(21)20-16-23(2)14-13-22(20)24;/h4-12H,3,13-17H2,1-2H3;1H/q+1;/p-1. The summed E-state index contributed by atoms with van der Waals surface area (Å²) in [6.45, 7) is 6.85. The van der Waals surface area contributed by atoms with E-state index in [1.807, 2.05) is 0 Å². The fourth-order valence-electron chi connectivity index (χ4n) is 4.64. The van der Waals surface area contributed by atoms with Gasteiger partial charge < -0.3 is 21.9 Å². The highest BCUT2D eigenvalue weighted by molar-refractivity contribution is 5.86. The number of nitrogens with zero attached hydrogens (tertiary/aromatic N) is 2. The molecule has 3 heteroatoms. The number of para-hydroxylation sites is 1. The normalized spacial score (nSPS) is 22.3. The van der Waals surface area contributed by atoms with Crippen LogP contribution in [0.1, 0.15) is 30.9 Å². The molecule has 2 aliphatic rings. The van der Waals surface area contributed by atoms with Gasteiger partial charge in [-0.25, -0.2) is 0 Å². The molecule has 2 nitrogen and oxygen atoms in total. The molecule has 1 unspecified atom stereocenters. The lowest BCUT2D eigenvalue weighted by Crippen LogP contribution is -3.00. The van der Waals surface area contributed by atoms with E-state index in [2.05, 4.69) is 73.5 Å². The maximum absolute atomic E-state index is 2.46. The van der Waals surface area contributed by atoms with Crippen LogP contribution in [-0.4, -0.2) is 31.6 Å². The second kappa shape index (κ2) is 7.45. The molecule has 0 saturated heterocycles. The maximum Gasteiger partial charge on any atom is 0.145 e. The van der Waals surface area contributed by atoms with E-state index in [0.29, 0.717) is 0 Å². The third kappa shape index (κ3) is 3.10. The van der Waals surface area contributed by atoms with Crippen molar-refractivity contribution >= 4 is 11.3 Å². The smallest absolute Gasteiger partial charge is 0.145 e. The van der Waals surface area contributed by atoms with Gasteiger partial charge in [0.1, 0.15) is 17.9 Å². The van der Waals surface area contributed by atoms with E-state index >= 15 is 0 Å². The van der Waals surface area contributed by atoms with Crippen LogP contribution in [0.15, 0.2) is 60.3 Å². The minimum absolute atomic E-state index is 0. The molecule has 132 valence electrons. The van der Waals surface area contributed by atoms with E-state index < -0.39 is 0 Å². The maximum atomic E-state index is 2.46. The predicted molar refractivity (Wildman–Crippen MR) is 103 cm³/mol. The second-order valence-corrected chi connectivity index (χ2v) is 7.27. The van der Waals surface area contributed by atoms with Crippen molar-refractivity contribution in [1.82, 2.24) is 9.38 Å². The first-order chi connectivity index (χ1) is 11.7. The van der Waals surface area contributed by atoms with Crippen molar-refractivity contribution in [2.75, 3.05) is 26.7 Å². The summed E-state index contributed by atoms with van der Waals surface area (Å²) in [5.41, 5.74) is 7.70. The monoisotopic (exact) mass is 398 g/mol. The molecule has 0 spiro atoms. The largest absolute Gasteiger partial charge is 1.00 e. The van der Waals surface area contributed by atoms with Gasteiger partial charge in [-0.15, -0.1) is 0 Å². The minimum atomic E-state index is 0. The molecule has 0 N–H and O–H groups in total. The van der Waals surface area contributed by atoms with Gasteiger partial charge in [-0.3, -0.25) is 4.48 Å². The Morgan fingerprint density at radius 2 is 1.72 bits per heavy atom. The van der Waals surface area contributed by atoms with E-state index in [-0.39, 0.29) is 17.0 Å². The molecule has 0 aromatic heterocycles. The molecule has 2 aromatic rings. The zero-order valence-corrected chi connectivity index (χ0v) is 16.8. The van der Waals surface area contributed by atoms with Crippen molar-refractivity contribution < 1.29 is 17.0 Å². The lowest BCUT2D eigenvalue weighted by atomic mass is 10.0. The number of halogens is 1.